The second kappa shape index (κ2) is 9.17. The van der Waals surface area contributed by atoms with Crippen LogP contribution >= 0.6 is 11.6 Å². The maximum absolute atomic E-state index is 13.7. The van der Waals surface area contributed by atoms with Crippen molar-refractivity contribution in [3.05, 3.63) is 70.6 Å². The second-order valence-corrected chi connectivity index (χ2v) is 7.15. The highest BCUT2D eigenvalue weighted by Gasteiger charge is 2.17. The molecular formula is C21H21ClFN3O3. The average molecular weight is 418 g/mol. The fourth-order valence-corrected chi connectivity index (χ4v) is 2.98. The summed E-state index contributed by atoms with van der Waals surface area (Å²) in [6.07, 6.45) is 1.68. The number of hydrogen-bond donors (Lipinski definition) is 4. The molecular weight excluding hydrogens is 397 g/mol. The lowest BCUT2D eigenvalue weighted by atomic mass is 10.1. The van der Waals surface area contributed by atoms with Gasteiger partial charge in [0.05, 0.1) is 24.3 Å². The van der Waals surface area contributed by atoms with Crippen LogP contribution in [0.15, 0.2) is 48.7 Å². The van der Waals surface area contributed by atoms with E-state index in [-0.39, 0.29) is 17.7 Å². The van der Waals surface area contributed by atoms with Gasteiger partial charge in [0.1, 0.15) is 11.6 Å². The fourth-order valence-electron chi connectivity index (χ4n) is 2.86. The first-order chi connectivity index (χ1) is 13.9. The summed E-state index contributed by atoms with van der Waals surface area (Å²) in [5.41, 5.74) is 0.801. The van der Waals surface area contributed by atoms with Gasteiger partial charge in [0, 0.05) is 23.2 Å². The summed E-state index contributed by atoms with van der Waals surface area (Å²) < 4.78 is 13.7. The molecule has 4 N–H and O–H groups in total. The average Bonchev–Trinajstić information content (AvgIpc) is 2.73. The number of aliphatic hydroxyl groups excluding tert-OH is 2. The number of halogens is 2. The minimum absolute atomic E-state index is 0.0279. The van der Waals surface area contributed by atoms with Crippen LogP contribution in [0.4, 0.5) is 10.2 Å². The number of benzene rings is 2. The molecule has 0 fully saturated rings. The van der Waals surface area contributed by atoms with Crippen molar-refractivity contribution in [3.8, 4) is 0 Å². The summed E-state index contributed by atoms with van der Waals surface area (Å²) in [4.78, 5) is 17.0. The lowest BCUT2D eigenvalue weighted by molar-refractivity contribution is 0.0916. The standard InChI is InChI=1S/C21H21ClFN3O3/c1-12(10-27)25-20-8-16-6-14(2-3-15(16)9-24-20)21(29)26-19(11-28)13-4-5-17(22)18(23)7-13/h2-9,12,19,27-28H,10-11H2,1H3,(H,24,25)(H,26,29)/t12-,19+/m0/s1. The summed E-state index contributed by atoms with van der Waals surface area (Å²) >= 11 is 5.69. The fraction of sp³-hybridized carbons (Fsp3) is 0.238. The SMILES string of the molecule is C[C@@H](CO)Nc1cc2cc(C(=O)N[C@H](CO)c3ccc(Cl)c(F)c3)ccc2cn1. The van der Waals surface area contributed by atoms with Gasteiger partial charge in [-0.15, -0.1) is 0 Å². The number of nitrogens with zero attached hydrogens (tertiary/aromatic N) is 1. The number of pyridine rings is 1. The number of rotatable bonds is 7. The van der Waals surface area contributed by atoms with Gasteiger partial charge in [-0.3, -0.25) is 4.79 Å². The van der Waals surface area contributed by atoms with Crippen LogP contribution in [0, 0.1) is 5.82 Å². The zero-order chi connectivity index (χ0) is 21.0. The topological polar surface area (TPSA) is 94.5 Å². The second-order valence-electron chi connectivity index (χ2n) is 6.74. The number of fused-ring (bicyclic) bond motifs is 1. The van der Waals surface area contributed by atoms with E-state index in [9.17, 15) is 14.3 Å². The van der Waals surface area contributed by atoms with Crippen molar-refractivity contribution in [2.45, 2.75) is 19.0 Å². The highest BCUT2D eigenvalue weighted by molar-refractivity contribution is 6.30. The van der Waals surface area contributed by atoms with Crippen molar-refractivity contribution < 1.29 is 19.4 Å². The van der Waals surface area contributed by atoms with Gasteiger partial charge in [-0.05, 0) is 48.2 Å². The number of amides is 1. The zero-order valence-electron chi connectivity index (χ0n) is 15.7. The third kappa shape index (κ3) is 5.00. The van der Waals surface area contributed by atoms with Crippen LogP contribution in [0.25, 0.3) is 10.8 Å². The predicted octanol–water partition coefficient (Wildman–Crippen LogP) is 3.28. The molecule has 29 heavy (non-hydrogen) atoms. The molecule has 3 rings (SSSR count). The Morgan fingerprint density at radius 2 is 1.93 bits per heavy atom. The molecule has 6 nitrogen and oxygen atoms in total. The minimum atomic E-state index is -0.773. The van der Waals surface area contributed by atoms with Gasteiger partial charge in [0.15, 0.2) is 0 Å². The van der Waals surface area contributed by atoms with Crippen LogP contribution in [-0.4, -0.2) is 40.4 Å². The maximum Gasteiger partial charge on any atom is 0.251 e. The molecule has 1 aromatic heterocycles. The first kappa shape index (κ1) is 21.0. The Morgan fingerprint density at radius 3 is 2.62 bits per heavy atom. The van der Waals surface area contributed by atoms with Gasteiger partial charge in [-0.2, -0.15) is 0 Å². The van der Waals surface area contributed by atoms with Crippen molar-refractivity contribution >= 4 is 34.1 Å². The van der Waals surface area contributed by atoms with Crippen LogP contribution in [0.5, 0.6) is 0 Å². The molecule has 0 bridgehead atoms. The molecule has 3 aromatic rings. The Labute approximate surface area is 172 Å². The lowest BCUT2D eigenvalue weighted by Crippen LogP contribution is -2.30. The molecule has 0 aliphatic heterocycles. The van der Waals surface area contributed by atoms with Crippen molar-refractivity contribution in [1.29, 1.82) is 0 Å². The Kier molecular flexibility index (Phi) is 6.64. The van der Waals surface area contributed by atoms with Gasteiger partial charge in [0.25, 0.3) is 5.91 Å². The molecule has 0 aliphatic carbocycles. The van der Waals surface area contributed by atoms with Crippen LogP contribution in [0.1, 0.15) is 28.9 Å². The predicted molar refractivity (Wildman–Crippen MR) is 111 cm³/mol. The van der Waals surface area contributed by atoms with E-state index < -0.39 is 24.4 Å². The molecule has 8 heteroatoms. The summed E-state index contributed by atoms with van der Waals surface area (Å²) in [6, 6.07) is 10.1. The van der Waals surface area contributed by atoms with E-state index in [2.05, 4.69) is 15.6 Å². The van der Waals surface area contributed by atoms with Gasteiger partial charge in [-0.25, -0.2) is 9.37 Å². The quantitative estimate of drug-likeness (QED) is 0.473. The molecule has 0 unspecified atom stereocenters. The molecule has 0 spiro atoms. The van der Waals surface area contributed by atoms with E-state index >= 15 is 0 Å². The van der Waals surface area contributed by atoms with Gasteiger partial charge < -0.3 is 20.8 Å². The molecule has 0 saturated heterocycles. The van der Waals surface area contributed by atoms with Crippen LogP contribution in [0.2, 0.25) is 5.02 Å². The normalized spacial score (nSPS) is 13.1. The number of aromatic nitrogens is 1. The zero-order valence-corrected chi connectivity index (χ0v) is 16.4. The van der Waals surface area contributed by atoms with Crippen molar-refractivity contribution in [1.82, 2.24) is 10.3 Å². The van der Waals surface area contributed by atoms with Gasteiger partial charge >= 0.3 is 0 Å². The number of carbonyl (C=O) groups excluding carboxylic acids is 1. The van der Waals surface area contributed by atoms with E-state index in [1.807, 2.05) is 6.92 Å². The summed E-state index contributed by atoms with van der Waals surface area (Å²) in [6.45, 7) is 1.40. The number of anilines is 1. The minimum Gasteiger partial charge on any atom is -0.394 e. The smallest absolute Gasteiger partial charge is 0.251 e. The highest BCUT2D eigenvalue weighted by Crippen LogP contribution is 2.22. The molecule has 1 heterocycles. The molecule has 0 radical (unpaired) electrons. The van der Waals surface area contributed by atoms with Crippen LogP contribution in [-0.2, 0) is 0 Å². The molecule has 0 saturated carbocycles. The third-order valence-corrected chi connectivity index (χ3v) is 4.79. The Morgan fingerprint density at radius 1 is 1.14 bits per heavy atom. The summed E-state index contributed by atoms with van der Waals surface area (Å²) in [7, 11) is 0. The lowest BCUT2D eigenvalue weighted by Gasteiger charge is -2.17. The van der Waals surface area contributed by atoms with Gasteiger partial charge in [-0.1, -0.05) is 23.7 Å². The molecule has 2 aromatic carbocycles. The van der Waals surface area contributed by atoms with E-state index in [1.54, 1.807) is 36.5 Å². The summed E-state index contributed by atoms with van der Waals surface area (Å²) in [5, 5.41) is 26.2. The van der Waals surface area contributed by atoms with Crippen molar-refractivity contribution in [2.24, 2.45) is 0 Å². The van der Waals surface area contributed by atoms with E-state index in [0.717, 1.165) is 10.8 Å². The number of nitrogens with one attached hydrogen (secondary N) is 2. The monoisotopic (exact) mass is 417 g/mol. The van der Waals surface area contributed by atoms with Crippen LogP contribution in [0.3, 0.4) is 0 Å². The molecule has 0 aliphatic rings. The Bertz CT molecular complexity index is 1030. The highest BCUT2D eigenvalue weighted by atomic mass is 35.5. The van der Waals surface area contributed by atoms with E-state index in [0.29, 0.717) is 16.9 Å². The first-order valence-corrected chi connectivity index (χ1v) is 9.43. The third-order valence-electron chi connectivity index (χ3n) is 4.49. The van der Waals surface area contributed by atoms with E-state index in [4.69, 9.17) is 16.7 Å². The number of aliphatic hydroxyl groups is 2. The number of carbonyl (C=O) groups is 1. The van der Waals surface area contributed by atoms with Gasteiger partial charge in [0.2, 0.25) is 0 Å². The Balaban J connectivity index is 1.82. The van der Waals surface area contributed by atoms with Crippen LogP contribution < -0.4 is 10.6 Å². The molecule has 2 atom stereocenters. The molecule has 152 valence electrons. The Hall–Kier alpha value is -2.74. The largest absolute Gasteiger partial charge is 0.394 e. The number of hydrogen-bond acceptors (Lipinski definition) is 5. The first-order valence-electron chi connectivity index (χ1n) is 9.05. The molecule has 1 amide bonds. The van der Waals surface area contributed by atoms with Crippen molar-refractivity contribution in [2.75, 3.05) is 18.5 Å². The van der Waals surface area contributed by atoms with E-state index in [1.165, 1.54) is 12.1 Å². The summed E-state index contributed by atoms with van der Waals surface area (Å²) in [5.74, 6) is -0.440. The maximum atomic E-state index is 13.7. The van der Waals surface area contributed by atoms with Crippen molar-refractivity contribution in [3.63, 3.8) is 0 Å².